The first kappa shape index (κ1) is 18.3. The second-order valence-corrected chi connectivity index (χ2v) is 6.55. The van der Waals surface area contributed by atoms with Crippen molar-refractivity contribution in [3.8, 4) is 5.75 Å². The Balaban J connectivity index is 1.61. The highest BCUT2D eigenvalue weighted by molar-refractivity contribution is 6.30. The number of rotatable bonds is 5. The van der Waals surface area contributed by atoms with Crippen molar-refractivity contribution in [3.05, 3.63) is 40.6 Å². The van der Waals surface area contributed by atoms with Gasteiger partial charge in [-0.15, -0.1) is 0 Å². The van der Waals surface area contributed by atoms with Gasteiger partial charge >= 0.3 is 5.97 Å². The summed E-state index contributed by atoms with van der Waals surface area (Å²) in [6.45, 7) is 3.68. The summed E-state index contributed by atoms with van der Waals surface area (Å²) in [6.07, 6.45) is -0.125. The van der Waals surface area contributed by atoms with Crippen LogP contribution < -0.4 is 10.1 Å². The summed E-state index contributed by atoms with van der Waals surface area (Å²) in [7, 11) is 0. The largest absolute Gasteiger partial charge is 0.492 e. The Labute approximate surface area is 155 Å². The number of aromatic nitrogens is 1. The van der Waals surface area contributed by atoms with E-state index in [-0.39, 0.29) is 12.4 Å². The van der Waals surface area contributed by atoms with Crippen LogP contribution in [0, 0.1) is 12.8 Å². The number of amides is 1. The smallest absolute Gasteiger partial charge is 0.313 e. The summed E-state index contributed by atoms with van der Waals surface area (Å²) in [4.78, 5) is 24.8. The maximum atomic E-state index is 12.5. The molecule has 1 aromatic heterocycles. The third kappa shape index (κ3) is 4.16. The summed E-state index contributed by atoms with van der Waals surface area (Å²) in [5.41, 5.74) is 0.848. The molecule has 2 aromatic rings. The van der Waals surface area contributed by atoms with Crippen molar-refractivity contribution in [1.29, 1.82) is 0 Å². The van der Waals surface area contributed by atoms with Gasteiger partial charge < -0.3 is 19.3 Å². The van der Waals surface area contributed by atoms with Gasteiger partial charge in [-0.2, -0.15) is 0 Å². The zero-order chi connectivity index (χ0) is 18.7. The molecular weight excluding hydrogens is 360 g/mol. The highest BCUT2D eigenvalue weighted by Gasteiger charge is 2.31. The minimum Gasteiger partial charge on any atom is -0.492 e. The fraction of sp³-hybridized carbons (Fsp3) is 0.389. The van der Waals surface area contributed by atoms with Gasteiger partial charge in [-0.1, -0.05) is 23.7 Å². The van der Waals surface area contributed by atoms with Gasteiger partial charge in [-0.05, 0) is 43.5 Å². The van der Waals surface area contributed by atoms with E-state index in [1.54, 1.807) is 38.1 Å². The van der Waals surface area contributed by atoms with Crippen molar-refractivity contribution in [2.24, 2.45) is 5.92 Å². The number of hydrogen-bond acceptors (Lipinski definition) is 6. The zero-order valence-electron chi connectivity index (χ0n) is 14.5. The number of halogens is 1. The minimum atomic E-state index is -0.916. The van der Waals surface area contributed by atoms with Gasteiger partial charge in [0.05, 0.1) is 5.92 Å². The first-order valence-corrected chi connectivity index (χ1v) is 8.70. The molecule has 1 aliphatic heterocycles. The van der Waals surface area contributed by atoms with Crippen LogP contribution in [0.15, 0.2) is 28.8 Å². The van der Waals surface area contributed by atoms with E-state index < -0.39 is 23.9 Å². The van der Waals surface area contributed by atoms with Gasteiger partial charge in [0.2, 0.25) is 0 Å². The molecule has 7 nitrogen and oxygen atoms in total. The molecule has 0 saturated heterocycles. The van der Waals surface area contributed by atoms with Gasteiger partial charge in [-0.25, -0.2) is 0 Å². The van der Waals surface area contributed by atoms with Crippen molar-refractivity contribution < 1.29 is 23.6 Å². The summed E-state index contributed by atoms with van der Waals surface area (Å²) in [5, 5.41) is 6.85. The van der Waals surface area contributed by atoms with Crippen molar-refractivity contribution >= 4 is 29.3 Å². The van der Waals surface area contributed by atoms with Gasteiger partial charge in [0, 0.05) is 11.1 Å². The molecule has 2 unspecified atom stereocenters. The summed E-state index contributed by atoms with van der Waals surface area (Å²) in [6, 6.07) is 6.87. The monoisotopic (exact) mass is 378 g/mol. The maximum absolute atomic E-state index is 12.5. The van der Waals surface area contributed by atoms with Gasteiger partial charge in [0.15, 0.2) is 11.9 Å². The second-order valence-electron chi connectivity index (χ2n) is 6.11. The standard InChI is InChI=1S/C18H19ClN2O5/c1-3-14(17(22)20-16-6-10(2)26-21-16)25-18(23)12-7-11-8-13(19)4-5-15(11)24-9-12/h4-6,8,12,14H,3,7,9H2,1-2H3,(H,20,21,22). The van der Waals surface area contributed by atoms with Crippen LogP contribution in [0.25, 0.3) is 0 Å². The lowest BCUT2D eigenvalue weighted by Gasteiger charge is -2.25. The van der Waals surface area contributed by atoms with Crippen LogP contribution in [0.2, 0.25) is 5.02 Å². The second kappa shape index (κ2) is 7.78. The van der Waals surface area contributed by atoms with Crippen LogP contribution in [0.4, 0.5) is 5.82 Å². The number of aryl methyl sites for hydroxylation is 1. The summed E-state index contributed by atoms with van der Waals surface area (Å²) in [5.74, 6) is 0.152. The number of anilines is 1. The van der Waals surface area contributed by atoms with Crippen LogP contribution in [-0.2, 0) is 20.7 Å². The number of fused-ring (bicyclic) bond motifs is 1. The molecule has 0 bridgehead atoms. The van der Waals surface area contributed by atoms with Crippen LogP contribution >= 0.6 is 11.6 Å². The molecule has 26 heavy (non-hydrogen) atoms. The third-order valence-electron chi connectivity index (χ3n) is 4.06. The van der Waals surface area contributed by atoms with E-state index in [1.807, 2.05) is 0 Å². The van der Waals surface area contributed by atoms with E-state index in [4.69, 9.17) is 25.6 Å². The summed E-state index contributed by atoms with van der Waals surface area (Å²) < 4.78 is 15.9. The molecule has 0 radical (unpaired) electrons. The normalized spacial score (nSPS) is 17.0. The van der Waals surface area contributed by atoms with E-state index in [1.165, 1.54) is 0 Å². The number of nitrogens with zero attached hydrogens (tertiary/aromatic N) is 1. The number of nitrogens with one attached hydrogen (secondary N) is 1. The fourth-order valence-electron chi connectivity index (χ4n) is 2.71. The predicted octanol–water partition coefficient (Wildman–Crippen LogP) is 3.15. The zero-order valence-corrected chi connectivity index (χ0v) is 15.2. The predicted molar refractivity (Wildman–Crippen MR) is 94.2 cm³/mol. The van der Waals surface area contributed by atoms with Crippen LogP contribution in [0.5, 0.6) is 5.75 Å². The number of ether oxygens (including phenoxy) is 2. The number of hydrogen-bond donors (Lipinski definition) is 1. The molecule has 1 amide bonds. The van der Waals surface area contributed by atoms with Crippen LogP contribution in [0.1, 0.15) is 24.7 Å². The first-order chi connectivity index (χ1) is 12.5. The lowest BCUT2D eigenvalue weighted by Crippen LogP contribution is -2.37. The Kier molecular flexibility index (Phi) is 5.46. The lowest BCUT2D eigenvalue weighted by atomic mass is 9.97. The first-order valence-electron chi connectivity index (χ1n) is 8.32. The average molecular weight is 379 g/mol. The Morgan fingerprint density at radius 1 is 1.42 bits per heavy atom. The molecule has 2 atom stereocenters. The molecule has 1 aliphatic rings. The molecular formula is C18H19ClN2O5. The Morgan fingerprint density at radius 3 is 2.92 bits per heavy atom. The SMILES string of the molecule is CCC(OC(=O)C1COc2ccc(Cl)cc2C1)C(=O)Nc1cc(C)on1. The van der Waals surface area contributed by atoms with E-state index >= 15 is 0 Å². The average Bonchev–Trinajstić information content (AvgIpc) is 3.03. The Bertz CT molecular complexity index is 820. The van der Waals surface area contributed by atoms with E-state index in [2.05, 4.69) is 10.5 Å². The van der Waals surface area contributed by atoms with Gasteiger partial charge in [0.25, 0.3) is 5.91 Å². The molecule has 0 spiro atoms. The molecule has 8 heteroatoms. The topological polar surface area (TPSA) is 90.7 Å². The van der Waals surface area contributed by atoms with E-state index in [0.29, 0.717) is 29.4 Å². The molecule has 0 fully saturated rings. The van der Waals surface area contributed by atoms with Crippen molar-refractivity contribution in [1.82, 2.24) is 5.16 Å². The molecule has 2 heterocycles. The van der Waals surface area contributed by atoms with Gasteiger partial charge in [-0.3, -0.25) is 9.59 Å². The summed E-state index contributed by atoms with van der Waals surface area (Å²) >= 11 is 5.99. The number of carbonyl (C=O) groups is 2. The molecule has 1 aromatic carbocycles. The van der Waals surface area contributed by atoms with Crippen molar-refractivity contribution in [3.63, 3.8) is 0 Å². The molecule has 3 rings (SSSR count). The molecule has 1 N–H and O–H groups in total. The Hall–Kier alpha value is -2.54. The van der Waals surface area contributed by atoms with E-state index in [9.17, 15) is 9.59 Å². The molecule has 0 aliphatic carbocycles. The lowest BCUT2D eigenvalue weighted by molar-refractivity contribution is -0.159. The Morgan fingerprint density at radius 2 is 2.23 bits per heavy atom. The van der Waals surface area contributed by atoms with Crippen molar-refractivity contribution in [2.75, 3.05) is 11.9 Å². The molecule has 138 valence electrons. The van der Waals surface area contributed by atoms with E-state index in [0.717, 1.165) is 5.56 Å². The fourth-order valence-corrected chi connectivity index (χ4v) is 2.90. The third-order valence-corrected chi connectivity index (χ3v) is 4.30. The highest BCUT2D eigenvalue weighted by Crippen LogP contribution is 2.30. The van der Waals surface area contributed by atoms with Crippen molar-refractivity contribution in [2.45, 2.75) is 32.8 Å². The number of benzene rings is 1. The van der Waals surface area contributed by atoms with Crippen LogP contribution in [-0.4, -0.2) is 29.7 Å². The minimum absolute atomic E-state index is 0.202. The molecule has 0 saturated carbocycles. The number of esters is 1. The van der Waals surface area contributed by atoms with Gasteiger partial charge in [0.1, 0.15) is 18.1 Å². The maximum Gasteiger partial charge on any atom is 0.313 e. The van der Waals surface area contributed by atoms with Crippen LogP contribution in [0.3, 0.4) is 0 Å². The highest BCUT2D eigenvalue weighted by atomic mass is 35.5. The quantitative estimate of drug-likeness (QED) is 0.804. The number of carbonyl (C=O) groups excluding carboxylic acids is 2.